The summed E-state index contributed by atoms with van der Waals surface area (Å²) >= 11 is 0. The third kappa shape index (κ3) is 2.11. The summed E-state index contributed by atoms with van der Waals surface area (Å²) in [5.74, 6) is -0.354. The van der Waals surface area contributed by atoms with Gasteiger partial charge in [0.15, 0.2) is 0 Å². The van der Waals surface area contributed by atoms with E-state index in [0.717, 1.165) is 0 Å². The molecule has 0 aliphatic rings. The molecule has 4 heteroatoms. The highest BCUT2D eigenvalue weighted by Crippen LogP contribution is 2.36. The summed E-state index contributed by atoms with van der Waals surface area (Å²) in [5, 5.41) is 9.40. The number of phenolic OH excluding ortho intramolecular Hbond substituents is 1. The lowest BCUT2D eigenvalue weighted by Crippen LogP contribution is -1.88. The second-order valence-electron chi connectivity index (χ2n) is 3.67. The summed E-state index contributed by atoms with van der Waals surface area (Å²) in [5.41, 5.74) is 1.07. The minimum Gasteiger partial charge on any atom is -0.508 e. The lowest BCUT2D eigenvalue weighted by Gasteiger charge is -2.08. The summed E-state index contributed by atoms with van der Waals surface area (Å²) < 4.78 is 18.7. The predicted octanol–water partition coefficient (Wildman–Crippen LogP) is 3.76. The highest BCUT2D eigenvalue weighted by molar-refractivity contribution is 5.72. The van der Waals surface area contributed by atoms with Crippen LogP contribution in [0.2, 0.25) is 0 Å². The molecule has 0 unspecified atom stereocenters. The number of methoxy groups -OCH3 is 1. The van der Waals surface area contributed by atoms with Gasteiger partial charge in [-0.1, -0.05) is 12.1 Å². The molecule has 0 saturated heterocycles. The third-order valence-electron chi connectivity index (χ3n) is 2.54. The zero-order valence-corrected chi connectivity index (χ0v) is 9.64. The molecule has 0 fully saturated rings. The molecule has 0 radical (unpaired) electrons. The van der Waals surface area contributed by atoms with Gasteiger partial charge in [-0.15, -0.1) is 0 Å². The molecule has 0 heterocycles. The number of halogens is 1. The van der Waals surface area contributed by atoms with Gasteiger partial charge in [-0.3, -0.25) is 0 Å². The van der Waals surface area contributed by atoms with E-state index in [1.165, 1.54) is 25.3 Å². The van der Waals surface area contributed by atoms with E-state index >= 15 is 0 Å². The molecular weight excluding hydrogens is 233 g/mol. The Morgan fingerprint density at radius 1 is 1.22 bits per heavy atom. The molecule has 2 aromatic carbocycles. The molecule has 0 atom stereocenters. The van der Waals surface area contributed by atoms with Crippen molar-refractivity contribution >= 4 is 5.69 Å². The van der Waals surface area contributed by atoms with Gasteiger partial charge in [-0.25, -0.2) is 9.24 Å². The fourth-order valence-corrected chi connectivity index (χ4v) is 1.69. The van der Waals surface area contributed by atoms with Crippen molar-refractivity contribution in [3.05, 3.63) is 53.6 Å². The maximum atomic E-state index is 13.7. The van der Waals surface area contributed by atoms with Crippen molar-refractivity contribution < 1.29 is 14.2 Å². The van der Waals surface area contributed by atoms with Crippen molar-refractivity contribution in [2.24, 2.45) is 0 Å². The van der Waals surface area contributed by atoms with Crippen molar-refractivity contribution in [2.75, 3.05) is 7.11 Å². The van der Waals surface area contributed by atoms with Crippen molar-refractivity contribution in [3.8, 4) is 22.6 Å². The Labute approximate surface area is 104 Å². The van der Waals surface area contributed by atoms with Gasteiger partial charge in [-0.2, -0.15) is 0 Å². The monoisotopic (exact) mass is 243 g/mol. The smallest absolute Gasteiger partial charge is 0.262 e. The molecule has 18 heavy (non-hydrogen) atoms. The largest absolute Gasteiger partial charge is 0.508 e. The number of aromatic hydroxyl groups is 1. The first-order chi connectivity index (χ1) is 8.65. The van der Waals surface area contributed by atoms with Crippen molar-refractivity contribution in [1.29, 1.82) is 0 Å². The van der Waals surface area contributed by atoms with Crippen molar-refractivity contribution in [3.63, 3.8) is 0 Å². The average molecular weight is 243 g/mol. The summed E-state index contributed by atoms with van der Waals surface area (Å²) in [4.78, 5) is 3.09. The Morgan fingerprint density at radius 3 is 2.61 bits per heavy atom. The number of hydrogen-bond donors (Lipinski definition) is 1. The topological polar surface area (TPSA) is 33.8 Å². The molecule has 90 valence electrons. The van der Waals surface area contributed by atoms with Crippen LogP contribution < -0.4 is 4.74 Å². The molecule has 2 aromatic rings. The second-order valence-corrected chi connectivity index (χ2v) is 3.67. The molecule has 0 aromatic heterocycles. The van der Waals surface area contributed by atoms with Crippen molar-refractivity contribution in [2.45, 2.75) is 0 Å². The SMILES string of the molecule is [C-]#[N+]c1c(F)cc(-c2cccc(O)c2)cc1OC. The first-order valence-corrected chi connectivity index (χ1v) is 5.20. The van der Waals surface area contributed by atoms with E-state index in [4.69, 9.17) is 11.3 Å². The molecule has 0 saturated carbocycles. The lowest BCUT2D eigenvalue weighted by atomic mass is 10.0. The maximum absolute atomic E-state index is 13.7. The molecule has 1 N–H and O–H groups in total. The van der Waals surface area contributed by atoms with E-state index in [9.17, 15) is 9.50 Å². The highest BCUT2D eigenvalue weighted by Gasteiger charge is 2.12. The van der Waals surface area contributed by atoms with Crippen LogP contribution in [0.3, 0.4) is 0 Å². The van der Waals surface area contributed by atoms with Crippen LogP contribution >= 0.6 is 0 Å². The number of hydrogen-bond acceptors (Lipinski definition) is 2. The van der Waals surface area contributed by atoms with Gasteiger partial charge >= 0.3 is 0 Å². The summed E-state index contributed by atoms with van der Waals surface area (Å²) in [6.07, 6.45) is 0. The lowest BCUT2D eigenvalue weighted by molar-refractivity contribution is 0.415. The van der Waals surface area contributed by atoms with Crippen LogP contribution in [0.1, 0.15) is 0 Å². The molecule has 0 aliphatic carbocycles. The van der Waals surface area contributed by atoms with E-state index in [2.05, 4.69) is 4.85 Å². The average Bonchev–Trinajstić information content (AvgIpc) is 2.37. The Morgan fingerprint density at radius 2 is 2.00 bits per heavy atom. The molecular formula is C14H10FNO2. The number of ether oxygens (including phenoxy) is 1. The standard InChI is InChI=1S/C14H10FNO2/c1-16-14-12(15)7-10(8-13(14)18-2)9-4-3-5-11(17)6-9/h3-8,17H,2H3. The van der Waals surface area contributed by atoms with E-state index in [1.807, 2.05) is 0 Å². The van der Waals surface area contributed by atoms with Gasteiger partial charge in [-0.05, 0) is 35.4 Å². The van der Waals surface area contributed by atoms with Crippen LogP contribution in [0.15, 0.2) is 36.4 Å². The minimum absolute atomic E-state index is 0.0983. The van der Waals surface area contributed by atoms with Crippen molar-refractivity contribution in [1.82, 2.24) is 0 Å². The first-order valence-electron chi connectivity index (χ1n) is 5.20. The van der Waals surface area contributed by atoms with Crippen LogP contribution in [0, 0.1) is 12.4 Å². The number of rotatable bonds is 2. The molecule has 0 aliphatic heterocycles. The van der Waals surface area contributed by atoms with Crippen LogP contribution in [0.25, 0.3) is 16.0 Å². The first kappa shape index (κ1) is 11.9. The van der Waals surface area contributed by atoms with Crippen LogP contribution in [-0.2, 0) is 0 Å². The van der Waals surface area contributed by atoms with E-state index in [0.29, 0.717) is 11.1 Å². The normalized spacial score (nSPS) is 9.83. The third-order valence-corrected chi connectivity index (χ3v) is 2.54. The van der Waals surface area contributed by atoms with E-state index in [1.54, 1.807) is 18.2 Å². The Hall–Kier alpha value is -2.54. The van der Waals surface area contributed by atoms with Gasteiger partial charge in [0, 0.05) is 0 Å². The fourth-order valence-electron chi connectivity index (χ4n) is 1.69. The zero-order chi connectivity index (χ0) is 13.1. The van der Waals surface area contributed by atoms with Gasteiger partial charge in [0.2, 0.25) is 0 Å². The Balaban J connectivity index is 2.60. The second kappa shape index (κ2) is 4.76. The Bertz CT molecular complexity index is 632. The molecule has 3 nitrogen and oxygen atoms in total. The quantitative estimate of drug-likeness (QED) is 0.815. The van der Waals surface area contributed by atoms with Gasteiger partial charge in [0.05, 0.1) is 13.7 Å². The number of phenols is 1. The summed E-state index contributed by atoms with van der Waals surface area (Å²) in [6, 6.07) is 9.29. The molecule has 0 spiro atoms. The van der Waals surface area contributed by atoms with Crippen LogP contribution in [0.4, 0.5) is 10.1 Å². The molecule has 0 bridgehead atoms. The summed E-state index contributed by atoms with van der Waals surface area (Å²) in [6.45, 7) is 6.90. The summed E-state index contributed by atoms with van der Waals surface area (Å²) in [7, 11) is 1.38. The van der Waals surface area contributed by atoms with Gasteiger partial charge < -0.3 is 9.84 Å². The van der Waals surface area contributed by atoms with E-state index in [-0.39, 0.29) is 17.2 Å². The van der Waals surface area contributed by atoms with Crippen LogP contribution in [-0.4, -0.2) is 12.2 Å². The predicted molar refractivity (Wildman–Crippen MR) is 66.3 cm³/mol. The highest BCUT2D eigenvalue weighted by atomic mass is 19.1. The zero-order valence-electron chi connectivity index (χ0n) is 9.64. The molecule has 0 amide bonds. The number of benzene rings is 2. The fraction of sp³-hybridized carbons (Fsp3) is 0.0714. The Kier molecular flexibility index (Phi) is 3.16. The van der Waals surface area contributed by atoms with E-state index < -0.39 is 5.82 Å². The minimum atomic E-state index is -0.636. The maximum Gasteiger partial charge on any atom is 0.262 e. The molecule has 2 rings (SSSR count). The van der Waals surface area contributed by atoms with Crippen LogP contribution in [0.5, 0.6) is 11.5 Å². The van der Waals surface area contributed by atoms with Gasteiger partial charge in [0.1, 0.15) is 17.3 Å². The van der Waals surface area contributed by atoms with Gasteiger partial charge in [0.25, 0.3) is 5.69 Å². The number of nitrogens with zero attached hydrogens (tertiary/aromatic N) is 1.